The molecule has 1 aliphatic heterocycles. The van der Waals surface area contributed by atoms with Crippen LogP contribution in [-0.2, 0) is 9.53 Å². The number of piperazine rings is 1. The third kappa shape index (κ3) is 7.36. The lowest BCUT2D eigenvalue weighted by atomic mass is 10.2. The molecule has 24 heavy (non-hydrogen) atoms. The highest BCUT2D eigenvalue weighted by atomic mass is 19.4. The number of hydrogen-bond donors (Lipinski definition) is 1. The van der Waals surface area contributed by atoms with E-state index < -0.39 is 17.9 Å². The van der Waals surface area contributed by atoms with Gasteiger partial charge in [0.1, 0.15) is 0 Å². The molecule has 2 N–H and O–H groups in total. The molecule has 1 aliphatic rings. The summed E-state index contributed by atoms with van der Waals surface area (Å²) in [5.74, 6) is -3.49. The molecular formula is C16H21F3N2O3. The number of rotatable bonds is 3. The summed E-state index contributed by atoms with van der Waals surface area (Å²) in [5, 5.41) is 12.4. The molecule has 134 valence electrons. The number of esters is 1. The van der Waals surface area contributed by atoms with Crippen molar-refractivity contribution in [1.29, 1.82) is 0 Å². The highest BCUT2D eigenvalue weighted by Crippen LogP contribution is 2.20. The normalized spacial score (nSPS) is 15.3. The molecule has 5 nitrogen and oxygen atoms in total. The van der Waals surface area contributed by atoms with Gasteiger partial charge >= 0.3 is 12.1 Å². The largest absolute Gasteiger partial charge is 0.869 e. The molecule has 0 aromatic heterocycles. The maximum absolute atomic E-state index is 11.5. The number of alkyl halides is 3. The minimum Gasteiger partial charge on any atom is -0.869 e. The molecule has 0 atom stereocenters. The van der Waals surface area contributed by atoms with Crippen molar-refractivity contribution in [3.05, 3.63) is 42.2 Å². The lowest BCUT2D eigenvalue weighted by molar-refractivity contribution is -0.655. The van der Waals surface area contributed by atoms with Crippen LogP contribution in [0.15, 0.2) is 42.2 Å². The lowest BCUT2D eigenvalue weighted by Crippen LogP contribution is -2.89. The first-order valence-electron chi connectivity index (χ1n) is 7.59. The van der Waals surface area contributed by atoms with Crippen molar-refractivity contribution in [3.8, 4) is 0 Å². The molecule has 1 saturated heterocycles. The number of quaternary nitrogens is 1. The average Bonchev–Trinajstić information content (AvgIpc) is 2.56. The highest BCUT2D eigenvalue weighted by Gasteiger charge is 2.26. The fraction of sp³-hybridized carbons (Fsp3) is 0.438. The second kappa shape index (κ2) is 9.82. The van der Waals surface area contributed by atoms with Gasteiger partial charge in [0.15, 0.2) is 0 Å². The molecule has 0 bridgehead atoms. The van der Waals surface area contributed by atoms with Crippen LogP contribution in [0.3, 0.4) is 0 Å². The van der Waals surface area contributed by atoms with Crippen LogP contribution in [0, 0.1) is 0 Å². The van der Waals surface area contributed by atoms with E-state index in [0.29, 0.717) is 0 Å². The lowest BCUT2D eigenvalue weighted by Gasteiger charge is -2.27. The Morgan fingerprint density at radius 3 is 2.38 bits per heavy atom. The summed E-state index contributed by atoms with van der Waals surface area (Å²) >= 11 is 0. The van der Waals surface area contributed by atoms with Gasteiger partial charge in [0.05, 0.1) is 32.8 Å². The number of ether oxygens (including phenoxy) is 1. The van der Waals surface area contributed by atoms with Crippen molar-refractivity contribution in [3.63, 3.8) is 0 Å². The van der Waals surface area contributed by atoms with Crippen LogP contribution in [0.5, 0.6) is 0 Å². The minimum absolute atomic E-state index is 0.0690. The van der Waals surface area contributed by atoms with Gasteiger partial charge in [-0.25, -0.2) is 4.79 Å². The fourth-order valence-electron chi connectivity index (χ4n) is 2.02. The number of halogens is 3. The quantitative estimate of drug-likeness (QED) is 0.489. The van der Waals surface area contributed by atoms with Crippen molar-refractivity contribution in [1.82, 2.24) is 0 Å². The van der Waals surface area contributed by atoms with Gasteiger partial charge in [0.2, 0.25) is 0 Å². The smallest absolute Gasteiger partial charge is 0.402 e. The zero-order valence-electron chi connectivity index (χ0n) is 13.4. The van der Waals surface area contributed by atoms with E-state index in [4.69, 9.17) is 0 Å². The Morgan fingerprint density at radius 2 is 1.88 bits per heavy atom. The van der Waals surface area contributed by atoms with Crippen LogP contribution in [0.4, 0.5) is 18.9 Å². The molecule has 1 heterocycles. The third-order valence-corrected chi connectivity index (χ3v) is 3.14. The van der Waals surface area contributed by atoms with Crippen molar-refractivity contribution < 1.29 is 33.1 Å². The van der Waals surface area contributed by atoms with Crippen LogP contribution in [0.2, 0.25) is 0 Å². The Hall–Kier alpha value is -2.22. The van der Waals surface area contributed by atoms with Crippen molar-refractivity contribution in [2.75, 3.05) is 37.7 Å². The summed E-state index contributed by atoms with van der Waals surface area (Å²) in [6, 6.07) is 10.7. The number of allylic oxidation sites excluding steroid dienone is 1. The first-order chi connectivity index (χ1) is 11.3. The van der Waals surface area contributed by atoms with Gasteiger partial charge in [-0.1, -0.05) is 18.2 Å². The zero-order chi connectivity index (χ0) is 18.0. The Bertz CT molecular complexity index is 527. The first kappa shape index (κ1) is 19.8. The van der Waals surface area contributed by atoms with Crippen LogP contribution in [0.25, 0.3) is 0 Å². The number of carbonyl (C=O) groups is 1. The number of hydrogen-bond acceptors (Lipinski definition) is 4. The number of para-hydroxylation sites is 1. The highest BCUT2D eigenvalue weighted by molar-refractivity contribution is 5.82. The van der Waals surface area contributed by atoms with E-state index in [9.17, 15) is 23.1 Å². The molecular weight excluding hydrogens is 325 g/mol. The molecule has 1 fully saturated rings. The van der Waals surface area contributed by atoms with E-state index in [1.54, 1.807) is 0 Å². The predicted molar refractivity (Wildman–Crippen MR) is 81.1 cm³/mol. The maximum atomic E-state index is 11.5. The predicted octanol–water partition coefficient (Wildman–Crippen LogP) is 0.426. The van der Waals surface area contributed by atoms with Crippen LogP contribution in [0.1, 0.15) is 6.92 Å². The Labute approximate surface area is 138 Å². The molecule has 0 amide bonds. The fourth-order valence-corrected chi connectivity index (χ4v) is 2.02. The summed E-state index contributed by atoms with van der Waals surface area (Å²) in [6.07, 6.45) is -5.13. The van der Waals surface area contributed by atoms with Gasteiger partial charge in [0, 0.05) is 11.8 Å². The summed E-state index contributed by atoms with van der Waals surface area (Å²) < 4.78 is 38.5. The minimum atomic E-state index is -5.01. The molecule has 1 aromatic carbocycles. The second-order valence-corrected chi connectivity index (χ2v) is 4.95. The van der Waals surface area contributed by atoms with Crippen molar-refractivity contribution in [2.45, 2.75) is 13.1 Å². The number of carbonyl (C=O) groups excluding carboxylic acids is 1. The van der Waals surface area contributed by atoms with Gasteiger partial charge in [-0.2, -0.15) is 13.2 Å². The third-order valence-electron chi connectivity index (χ3n) is 3.14. The maximum Gasteiger partial charge on any atom is 0.402 e. The van der Waals surface area contributed by atoms with Crippen LogP contribution in [-0.4, -0.2) is 44.9 Å². The first-order valence-corrected chi connectivity index (χ1v) is 7.59. The number of anilines is 1. The number of nitrogens with zero attached hydrogens (tertiary/aromatic N) is 1. The Kier molecular flexibility index (Phi) is 8.11. The molecule has 0 radical (unpaired) electrons. The summed E-state index contributed by atoms with van der Waals surface area (Å²) in [4.78, 5) is 12.7. The number of benzene rings is 1. The zero-order valence-corrected chi connectivity index (χ0v) is 13.4. The van der Waals surface area contributed by atoms with Crippen molar-refractivity contribution >= 4 is 11.7 Å². The van der Waals surface area contributed by atoms with Gasteiger partial charge in [0.25, 0.3) is 0 Å². The molecule has 0 saturated carbocycles. The van der Waals surface area contributed by atoms with Crippen LogP contribution >= 0.6 is 0 Å². The Morgan fingerprint density at radius 1 is 1.29 bits per heavy atom. The van der Waals surface area contributed by atoms with Gasteiger partial charge in [-0.05, 0) is 24.8 Å². The summed E-state index contributed by atoms with van der Waals surface area (Å²) in [6.45, 7) is 6.18. The van der Waals surface area contributed by atoms with Gasteiger partial charge < -0.3 is 20.1 Å². The monoisotopic (exact) mass is 346 g/mol. The van der Waals surface area contributed by atoms with Gasteiger partial charge in [-0.15, -0.1) is 0 Å². The molecule has 1 aromatic rings. The molecule has 0 aliphatic carbocycles. The van der Waals surface area contributed by atoms with Gasteiger partial charge in [-0.3, -0.25) is 0 Å². The topological polar surface area (TPSA) is 69.2 Å². The van der Waals surface area contributed by atoms with E-state index in [0.717, 1.165) is 0 Å². The molecule has 2 rings (SSSR count). The number of nitrogens with two attached hydrogens (primary N) is 1. The Balaban J connectivity index is 0.000000240. The van der Waals surface area contributed by atoms with Crippen LogP contribution < -0.4 is 15.3 Å². The van der Waals surface area contributed by atoms with E-state index in [1.807, 2.05) is 0 Å². The van der Waals surface area contributed by atoms with E-state index in [-0.39, 0.29) is 12.7 Å². The van der Waals surface area contributed by atoms with Crippen molar-refractivity contribution in [2.24, 2.45) is 0 Å². The van der Waals surface area contributed by atoms with E-state index in [1.165, 1.54) is 38.8 Å². The molecule has 8 heteroatoms. The summed E-state index contributed by atoms with van der Waals surface area (Å²) in [5.41, 5.74) is 1.37. The molecule has 0 unspecified atom stereocenters. The molecule has 0 spiro atoms. The SMILES string of the molecule is CCOC(=O)/C=C(\[O-])C(F)(F)F.c1ccc(N2CC[NH2+]CC2)cc1. The van der Waals surface area contributed by atoms with E-state index >= 15 is 0 Å². The summed E-state index contributed by atoms with van der Waals surface area (Å²) in [7, 11) is 0. The average molecular weight is 346 g/mol. The standard InChI is InChI=1S/C10H14N2.C6H7F3O3/c1-2-4-10(5-3-1)12-8-6-11-7-9-12;1-2-12-5(11)3-4(10)6(7,8)9/h1-5,11H,6-9H2;3,10H,2H2,1H3/b;4-3-. The van der Waals surface area contributed by atoms with E-state index in [2.05, 4.69) is 45.3 Å². The second-order valence-electron chi connectivity index (χ2n) is 4.95.